The molecule has 204 valence electrons. The summed E-state index contributed by atoms with van der Waals surface area (Å²) in [4.78, 5) is 30.2. The van der Waals surface area contributed by atoms with Crippen LogP contribution in [0.3, 0.4) is 0 Å². The molecule has 0 radical (unpaired) electrons. The highest BCUT2D eigenvalue weighted by atomic mass is 35.5. The minimum Gasteiger partial charge on any atom is -0.342 e. The zero-order valence-electron chi connectivity index (χ0n) is 21.9. The van der Waals surface area contributed by atoms with E-state index in [1.54, 1.807) is 12.1 Å². The minimum atomic E-state index is -0.421. The molecule has 4 rings (SSSR count). The summed E-state index contributed by atoms with van der Waals surface area (Å²) in [5.74, 6) is 0.238. The molecule has 0 aliphatic rings. The molecule has 0 aliphatic carbocycles. The van der Waals surface area contributed by atoms with Gasteiger partial charge in [0.2, 0.25) is 5.91 Å². The number of aromatic nitrogens is 4. The summed E-state index contributed by atoms with van der Waals surface area (Å²) in [5.41, 5.74) is 3.32. The van der Waals surface area contributed by atoms with E-state index in [1.807, 2.05) is 61.9 Å². The zero-order valence-corrected chi connectivity index (χ0v) is 25.0. The van der Waals surface area contributed by atoms with E-state index in [2.05, 4.69) is 25.8 Å². The molecular weight excluding hydrogens is 575 g/mol. The number of carbonyl (C=O) groups is 2. The Hall–Kier alpha value is -2.92. The SMILES string of the molecule is CCn1c(SCC(=O)Nc2nc(-c3ccc(C)cc3)cs2)nnc1C(NC(=O)c1ccc(Cl)cc1Cl)C(C)C. The molecule has 2 heterocycles. The van der Waals surface area contributed by atoms with Crippen LogP contribution in [0.25, 0.3) is 11.3 Å². The second-order valence-corrected chi connectivity index (χ2v) is 11.8. The molecule has 2 aromatic carbocycles. The summed E-state index contributed by atoms with van der Waals surface area (Å²) in [5, 5.41) is 18.4. The topological polar surface area (TPSA) is 102 Å². The van der Waals surface area contributed by atoms with Gasteiger partial charge in [-0.15, -0.1) is 21.5 Å². The predicted molar refractivity (Wildman–Crippen MR) is 159 cm³/mol. The Bertz CT molecular complexity index is 1470. The number of amides is 2. The van der Waals surface area contributed by atoms with Crippen LogP contribution in [-0.2, 0) is 11.3 Å². The summed E-state index contributed by atoms with van der Waals surface area (Å²) in [6, 6.07) is 12.4. The van der Waals surface area contributed by atoms with Crippen molar-refractivity contribution in [1.29, 1.82) is 0 Å². The highest BCUT2D eigenvalue weighted by Crippen LogP contribution is 2.28. The lowest BCUT2D eigenvalue weighted by molar-refractivity contribution is -0.113. The number of nitrogens with one attached hydrogen (secondary N) is 2. The lowest BCUT2D eigenvalue weighted by atomic mass is 10.0. The molecule has 8 nitrogen and oxygen atoms in total. The van der Waals surface area contributed by atoms with E-state index in [-0.39, 0.29) is 28.5 Å². The summed E-state index contributed by atoms with van der Waals surface area (Å²) in [6.45, 7) is 8.55. The van der Waals surface area contributed by atoms with Gasteiger partial charge in [0.25, 0.3) is 5.91 Å². The minimum absolute atomic E-state index is 0.0169. The Morgan fingerprint density at radius 3 is 2.51 bits per heavy atom. The maximum Gasteiger partial charge on any atom is 0.253 e. The smallest absolute Gasteiger partial charge is 0.253 e. The van der Waals surface area contributed by atoms with Crippen molar-refractivity contribution in [1.82, 2.24) is 25.1 Å². The third-order valence-corrected chi connectivity index (χ3v) is 8.17. The second kappa shape index (κ2) is 13.0. The maximum atomic E-state index is 13.0. The number of rotatable bonds is 10. The van der Waals surface area contributed by atoms with Gasteiger partial charge >= 0.3 is 0 Å². The van der Waals surface area contributed by atoms with Gasteiger partial charge in [-0.05, 0) is 38.0 Å². The summed E-state index contributed by atoms with van der Waals surface area (Å²) in [7, 11) is 0. The van der Waals surface area contributed by atoms with Gasteiger partial charge in [-0.3, -0.25) is 9.59 Å². The van der Waals surface area contributed by atoms with Crippen molar-refractivity contribution in [2.24, 2.45) is 5.92 Å². The molecule has 0 saturated carbocycles. The van der Waals surface area contributed by atoms with E-state index < -0.39 is 6.04 Å². The molecule has 0 spiro atoms. The number of thiazole rings is 1. The van der Waals surface area contributed by atoms with Crippen LogP contribution in [0.5, 0.6) is 0 Å². The Labute approximate surface area is 245 Å². The molecule has 4 aromatic rings. The van der Waals surface area contributed by atoms with Crippen LogP contribution in [-0.4, -0.2) is 37.3 Å². The average Bonchev–Trinajstić information content (AvgIpc) is 3.53. The van der Waals surface area contributed by atoms with E-state index in [0.29, 0.717) is 33.2 Å². The number of aryl methyl sites for hydroxylation is 1. The van der Waals surface area contributed by atoms with E-state index >= 15 is 0 Å². The fourth-order valence-electron chi connectivity index (χ4n) is 3.83. The molecule has 2 N–H and O–H groups in total. The number of anilines is 1. The molecule has 0 aliphatic heterocycles. The van der Waals surface area contributed by atoms with E-state index in [9.17, 15) is 9.59 Å². The van der Waals surface area contributed by atoms with Gasteiger partial charge < -0.3 is 15.2 Å². The van der Waals surface area contributed by atoms with Gasteiger partial charge in [0.15, 0.2) is 16.1 Å². The molecule has 12 heteroatoms. The zero-order chi connectivity index (χ0) is 28.1. The van der Waals surface area contributed by atoms with Crippen LogP contribution in [0, 0.1) is 12.8 Å². The first-order valence-electron chi connectivity index (χ1n) is 12.3. The van der Waals surface area contributed by atoms with E-state index in [1.165, 1.54) is 34.7 Å². The van der Waals surface area contributed by atoms with Crippen LogP contribution < -0.4 is 10.6 Å². The second-order valence-electron chi connectivity index (χ2n) is 9.15. The van der Waals surface area contributed by atoms with Crippen molar-refractivity contribution in [2.75, 3.05) is 11.1 Å². The largest absolute Gasteiger partial charge is 0.342 e. The molecule has 39 heavy (non-hydrogen) atoms. The van der Waals surface area contributed by atoms with Crippen molar-refractivity contribution < 1.29 is 9.59 Å². The Balaban J connectivity index is 1.41. The Morgan fingerprint density at radius 2 is 1.85 bits per heavy atom. The van der Waals surface area contributed by atoms with Crippen LogP contribution in [0.1, 0.15) is 48.6 Å². The third-order valence-electron chi connectivity index (χ3n) is 5.90. The molecule has 2 aromatic heterocycles. The number of carbonyl (C=O) groups excluding carboxylic acids is 2. The predicted octanol–water partition coefficient (Wildman–Crippen LogP) is 6.89. The number of benzene rings is 2. The van der Waals surface area contributed by atoms with Crippen LogP contribution in [0.15, 0.2) is 53.0 Å². The van der Waals surface area contributed by atoms with Gasteiger partial charge in [-0.2, -0.15) is 0 Å². The molecular formula is C27H28Cl2N6O2S2. The normalized spacial score (nSPS) is 12.0. The number of thioether (sulfide) groups is 1. The molecule has 1 atom stereocenters. The maximum absolute atomic E-state index is 13.0. The van der Waals surface area contributed by atoms with Crippen molar-refractivity contribution in [3.05, 3.63) is 74.8 Å². The molecule has 0 bridgehead atoms. The lowest BCUT2D eigenvalue weighted by Crippen LogP contribution is -2.34. The average molecular weight is 604 g/mol. The highest BCUT2D eigenvalue weighted by Gasteiger charge is 2.27. The number of hydrogen-bond acceptors (Lipinski definition) is 7. The number of nitrogens with zero attached hydrogens (tertiary/aromatic N) is 4. The van der Waals surface area contributed by atoms with Crippen LogP contribution in [0.2, 0.25) is 10.0 Å². The monoisotopic (exact) mass is 602 g/mol. The van der Waals surface area contributed by atoms with Crippen molar-refractivity contribution in [3.63, 3.8) is 0 Å². The molecule has 1 unspecified atom stereocenters. The van der Waals surface area contributed by atoms with Gasteiger partial charge in [-0.25, -0.2) is 4.98 Å². The van der Waals surface area contributed by atoms with Crippen molar-refractivity contribution >= 4 is 63.2 Å². The standard InChI is InChI=1S/C27H28Cl2N6O2S2/c1-5-35-24(23(15(2)3)32-25(37)19-11-10-18(28)12-20(19)29)33-34-27(35)39-14-22(36)31-26-30-21(13-38-26)17-8-6-16(4)7-9-17/h6-13,15,23H,5,14H2,1-4H3,(H,32,37)(H,30,31,36). The number of hydrogen-bond donors (Lipinski definition) is 2. The summed E-state index contributed by atoms with van der Waals surface area (Å²) < 4.78 is 1.91. The first-order valence-corrected chi connectivity index (χ1v) is 14.9. The molecule has 0 saturated heterocycles. The van der Waals surface area contributed by atoms with Crippen molar-refractivity contribution in [2.45, 2.75) is 45.4 Å². The van der Waals surface area contributed by atoms with E-state index in [0.717, 1.165) is 11.3 Å². The van der Waals surface area contributed by atoms with Gasteiger partial charge in [-0.1, -0.05) is 78.6 Å². The lowest BCUT2D eigenvalue weighted by Gasteiger charge is -2.22. The Kier molecular flexibility index (Phi) is 9.66. The fourth-order valence-corrected chi connectivity index (χ4v) is 5.87. The van der Waals surface area contributed by atoms with Crippen LogP contribution in [0.4, 0.5) is 5.13 Å². The fraction of sp³-hybridized carbons (Fsp3) is 0.296. The highest BCUT2D eigenvalue weighted by molar-refractivity contribution is 7.99. The summed E-state index contributed by atoms with van der Waals surface area (Å²) >= 11 is 14.9. The molecule has 2 amide bonds. The van der Waals surface area contributed by atoms with E-state index in [4.69, 9.17) is 23.2 Å². The van der Waals surface area contributed by atoms with Crippen molar-refractivity contribution in [3.8, 4) is 11.3 Å². The quantitative estimate of drug-likeness (QED) is 0.191. The Morgan fingerprint density at radius 1 is 1.10 bits per heavy atom. The molecule has 0 fully saturated rings. The number of halogens is 2. The van der Waals surface area contributed by atoms with Gasteiger partial charge in [0.05, 0.1) is 28.1 Å². The van der Waals surface area contributed by atoms with Gasteiger partial charge in [0, 0.05) is 22.5 Å². The summed E-state index contributed by atoms with van der Waals surface area (Å²) in [6.07, 6.45) is 0. The first kappa shape index (κ1) is 29.1. The first-order chi connectivity index (χ1) is 18.7. The van der Waals surface area contributed by atoms with Gasteiger partial charge in [0.1, 0.15) is 0 Å². The van der Waals surface area contributed by atoms with Crippen LogP contribution >= 0.6 is 46.3 Å². The third kappa shape index (κ3) is 7.19.